The fraction of sp³-hybridized carbons (Fsp3) is 0.133. The van der Waals surface area contributed by atoms with Gasteiger partial charge in [-0.2, -0.15) is 0 Å². The number of benzene rings is 2. The molecular formula is C15H16N2O2. The molecule has 0 spiro atoms. The lowest BCUT2D eigenvalue weighted by Gasteiger charge is -2.17. The van der Waals surface area contributed by atoms with Gasteiger partial charge in [0.15, 0.2) is 0 Å². The molecule has 4 nitrogen and oxygen atoms in total. The van der Waals surface area contributed by atoms with Crippen molar-refractivity contribution in [2.24, 2.45) is 5.73 Å². The predicted octanol–water partition coefficient (Wildman–Crippen LogP) is 2.13. The number of rotatable bonds is 3. The molecule has 2 aromatic rings. The lowest BCUT2D eigenvalue weighted by molar-refractivity contribution is 0.0992. The maximum absolute atomic E-state index is 12.2. The standard InChI is InChI=1S/C15H16N2O2/c1-17(13-7-5-11(10-16)6-8-13)15(19)12-3-2-4-14(18)9-12/h2-9,18H,10,16H2,1H3. The van der Waals surface area contributed by atoms with Crippen LogP contribution >= 0.6 is 0 Å². The molecule has 0 atom stereocenters. The van der Waals surface area contributed by atoms with Crippen LogP contribution in [0.15, 0.2) is 48.5 Å². The maximum Gasteiger partial charge on any atom is 0.258 e. The first-order chi connectivity index (χ1) is 9.11. The van der Waals surface area contributed by atoms with Gasteiger partial charge in [0.2, 0.25) is 0 Å². The highest BCUT2D eigenvalue weighted by atomic mass is 16.3. The van der Waals surface area contributed by atoms with E-state index < -0.39 is 0 Å². The van der Waals surface area contributed by atoms with E-state index in [2.05, 4.69) is 0 Å². The number of phenols is 1. The van der Waals surface area contributed by atoms with E-state index >= 15 is 0 Å². The Bertz CT molecular complexity index is 579. The van der Waals surface area contributed by atoms with Crippen molar-refractivity contribution in [3.05, 3.63) is 59.7 Å². The lowest BCUT2D eigenvalue weighted by atomic mass is 10.1. The molecule has 0 fully saturated rings. The molecule has 0 aromatic heterocycles. The van der Waals surface area contributed by atoms with Crippen LogP contribution in [0.2, 0.25) is 0 Å². The van der Waals surface area contributed by atoms with Gasteiger partial charge in [-0.15, -0.1) is 0 Å². The van der Waals surface area contributed by atoms with Crippen molar-refractivity contribution in [3.63, 3.8) is 0 Å². The first-order valence-electron chi connectivity index (χ1n) is 5.98. The van der Waals surface area contributed by atoms with E-state index in [1.807, 2.05) is 24.3 Å². The van der Waals surface area contributed by atoms with Crippen molar-refractivity contribution in [3.8, 4) is 5.75 Å². The molecular weight excluding hydrogens is 240 g/mol. The summed E-state index contributed by atoms with van der Waals surface area (Å²) in [4.78, 5) is 13.8. The van der Waals surface area contributed by atoms with Crippen molar-refractivity contribution in [2.45, 2.75) is 6.54 Å². The molecule has 4 heteroatoms. The van der Waals surface area contributed by atoms with Crippen LogP contribution in [0.1, 0.15) is 15.9 Å². The highest BCUT2D eigenvalue weighted by Crippen LogP contribution is 2.18. The van der Waals surface area contributed by atoms with Gasteiger partial charge in [0.25, 0.3) is 5.91 Å². The number of nitrogens with two attached hydrogens (primary N) is 1. The van der Waals surface area contributed by atoms with Gasteiger partial charge >= 0.3 is 0 Å². The summed E-state index contributed by atoms with van der Waals surface area (Å²) < 4.78 is 0. The zero-order chi connectivity index (χ0) is 13.8. The molecule has 0 aliphatic carbocycles. The van der Waals surface area contributed by atoms with Crippen LogP contribution in [-0.2, 0) is 6.54 Å². The molecule has 2 rings (SSSR count). The number of hydrogen-bond donors (Lipinski definition) is 2. The van der Waals surface area contributed by atoms with Gasteiger partial charge in [-0.1, -0.05) is 18.2 Å². The Morgan fingerprint density at radius 3 is 2.47 bits per heavy atom. The average molecular weight is 256 g/mol. The molecule has 0 saturated heterocycles. The van der Waals surface area contributed by atoms with Crippen molar-refractivity contribution < 1.29 is 9.90 Å². The van der Waals surface area contributed by atoms with Gasteiger partial charge in [0, 0.05) is 24.8 Å². The van der Waals surface area contributed by atoms with Crippen LogP contribution in [0.5, 0.6) is 5.75 Å². The van der Waals surface area contributed by atoms with E-state index in [-0.39, 0.29) is 11.7 Å². The van der Waals surface area contributed by atoms with Gasteiger partial charge in [0.1, 0.15) is 5.75 Å². The summed E-state index contributed by atoms with van der Waals surface area (Å²) in [6.45, 7) is 0.477. The Kier molecular flexibility index (Phi) is 3.82. The second kappa shape index (κ2) is 5.54. The van der Waals surface area contributed by atoms with Crippen LogP contribution in [0, 0.1) is 0 Å². The van der Waals surface area contributed by atoms with Gasteiger partial charge in [-0.05, 0) is 35.9 Å². The number of amides is 1. The summed E-state index contributed by atoms with van der Waals surface area (Å²) in [7, 11) is 1.70. The zero-order valence-corrected chi connectivity index (χ0v) is 10.7. The van der Waals surface area contributed by atoms with Crippen LogP contribution in [-0.4, -0.2) is 18.1 Å². The molecule has 19 heavy (non-hydrogen) atoms. The molecule has 0 heterocycles. The van der Waals surface area contributed by atoms with E-state index in [4.69, 9.17) is 5.73 Å². The lowest BCUT2D eigenvalue weighted by Crippen LogP contribution is -2.26. The summed E-state index contributed by atoms with van der Waals surface area (Å²) in [5.74, 6) is -0.0888. The van der Waals surface area contributed by atoms with Crippen LogP contribution in [0.4, 0.5) is 5.69 Å². The number of carbonyl (C=O) groups is 1. The normalized spacial score (nSPS) is 10.2. The zero-order valence-electron chi connectivity index (χ0n) is 10.7. The summed E-state index contributed by atoms with van der Waals surface area (Å²) in [5, 5.41) is 9.40. The predicted molar refractivity (Wildman–Crippen MR) is 75.2 cm³/mol. The molecule has 0 aliphatic rings. The third kappa shape index (κ3) is 2.92. The summed E-state index contributed by atoms with van der Waals surface area (Å²) in [6.07, 6.45) is 0. The van der Waals surface area contributed by atoms with E-state index in [1.54, 1.807) is 19.2 Å². The van der Waals surface area contributed by atoms with E-state index in [1.165, 1.54) is 17.0 Å². The molecule has 0 radical (unpaired) electrons. The third-order valence-electron chi connectivity index (χ3n) is 2.96. The number of hydrogen-bond acceptors (Lipinski definition) is 3. The number of nitrogens with zero attached hydrogens (tertiary/aromatic N) is 1. The Labute approximate surface area is 112 Å². The minimum Gasteiger partial charge on any atom is -0.508 e. The summed E-state index contributed by atoms with van der Waals surface area (Å²) in [6, 6.07) is 13.8. The fourth-order valence-electron chi connectivity index (χ4n) is 1.81. The summed E-state index contributed by atoms with van der Waals surface area (Å²) >= 11 is 0. The highest BCUT2D eigenvalue weighted by Gasteiger charge is 2.13. The van der Waals surface area contributed by atoms with Crippen molar-refractivity contribution in [1.82, 2.24) is 0 Å². The quantitative estimate of drug-likeness (QED) is 0.884. The Morgan fingerprint density at radius 1 is 1.21 bits per heavy atom. The first kappa shape index (κ1) is 13.1. The summed E-state index contributed by atoms with van der Waals surface area (Å²) in [5.41, 5.74) is 7.78. The van der Waals surface area contributed by atoms with Crippen molar-refractivity contribution >= 4 is 11.6 Å². The van der Waals surface area contributed by atoms with Gasteiger partial charge < -0.3 is 15.7 Å². The van der Waals surface area contributed by atoms with Crippen molar-refractivity contribution in [1.29, 1.82) is 0 Å². The number of carbonyl (C=O) groups excluding carboxylic acids is 1. The number of phenolic OH excluding ortho intramolecular Hbond substituents is 1. The highest BCUT2D eigenvalue weighted by molar-refractivity contribution is 6.05. The molecule has 0 aliphatic heterocycles. The smallest absolute Gasteiger partial charge is 0.258 e. The fourth-order valence-corrected chi connectivity index (χ4v) is 1.81. The van der Waals surface area contributed by atoms with E-state index in [9.17, 15) is 9.90 Å². The molecule has 0 bridgehead atoms. The van der Waals surface area contributed by atoms with Crippen LogP contribution < -0.4 is 10.6 Å². The first-order valence-corrected chi connectivity index (χ1v) is 5.98. The molecule has 0 saturated carbocycles. The molecule has 98 valence electrons. The second-order valence-corrected chi connectivity index (χ2v) is 4.29. The molecule has 3 N–H and O–H groups in total. The van der Waals surface area contributed by atoms with Gasteiger partial charge in [0.05, 0.1) is 0 Å². The largest absolute Gasteiger partial charge is 0.508 e. The Balaban J connectivity index is 2.23. The molecule has 0 unspecified atom stereocenters. The third-order valence-corrected chi connectivity index (χ3v) is 2.96. The molecule has 2 aromatic carbocycles. The van der Waals surface area contributed by atoms with Gasteiger partial charge in [-0.3, -0.25) is 4.79 Å². The monoisotopic (exact) mass is 256 g/mol. The van der Waals surface area contributed by atoms with Crippen LogP contribution in [0.3, 0.4) is 0 Å². The minimum absolute atomic E-state index is 0.0812. The molecule has 1 amide bonds. The maximum atomic E-state index is 12.2. The van der Waals surface area contributed by atoms with Crippen molar-refractivity contribution in [2.75, 3.05) is 11.9 Å². The topological polar surface area (TPSA) is 66.6 Å². The average Bonchev–Trinajstić information content (AvgIpc) is 2.46. The Hall–Kier alpha value is -2.33. The minimum atomic E-state index is -0.170. The van der Waals surface area contributed by atoms with E-state index in [0.29, 0.717) is 12.1 Å². The number of aromatic hydroxyl groups is 1. The Morgan fingerprint density at radius 2 is 1.89 bits per heavy atom. The second-order valence-electron chi connectivity index (χ2n) is 4.29. The van der Waals surface area contributed by atoms with Gasteiger partial charge in [-0.25, -0.2) is 0 Å². The SMILES string of the molecule is CN(C(=O)c1cccc(O)c1)c1ccc(CN)cc1. The number of anilines is 1. The van der Waals surface area contributed by atoms with Crippen LogP contribution in [0.25, 0.3) is 0 Å². The van der Waals surface area contributed by atoms with E-state index in [0.717, 1.165) is 11.3 Å².